The lowest BCUT2D eigenvalue weighted by molar-refractivity contribution is 0.0946. The van der Waals surface area contributed by atoms with Crippen molar-refractivity contribution in [1.29, 1.82) is 0 Å². The van der Waals surface area contributed by atoms with Gasteiger partial charge in [0.2, 0.25) is 0 Å². The average molecular weight is 250 g/mol. The second-order valence-electron chi connectivity index (χ2n) is 4.27. The molecular weight excluding hydrogens is 232 g/mol. The first-order valence-corrected chi connectivity index (χ1v) is 6.16. The Morgan fingerprint density at radius 3 is 2.89 bits per heavy atom. The molecule has 2 heterocycles. The van der Waals surface area contributed by atoms with Crippen LogP contribution < -0.4 is 16.1 Å². The quantitative estimate of drug-likeness (QED) is 0.641. The van der Waals surface area contributed by atoms with Crippen molar-refractivity contribution in [2.24, 2.45) is 0 Å². The van der Waals surface area contributed by atoms with Gasteiger partial charge in [0, 0.05) is 57.7 Å². The Morgan fingerprint density at radius 2 is 2.17 bits per heavy atom. The Bertz CT molecular complexity index is 451. The molecule has 1 saturated heterocycles. The van der Waals surface area contributed by atoms with E-state index in [0.29, 0.717) is 6.54 Å². The van der Waals surface area contributed by atoms with E-state index in [-0.39, 0.29) is 16.9 Å². The summed E-state index contributed by atoms with van der Waals surface area (Å²) in [5.74, 6) is -0.313. The van der Waals surface area contributed by atoms with E-state index in [1.165, 1.54) is 18.5 Å². The first-order valence-electron chi connectivity index (χ1n) is 6.16. The van der Waals surface area contributed by atoms with Gasteiger partial charge in [-0.3, -0.25) is 14.5 Å². The van der Waals surface area contributed by atoms with E-state index in [2.05, 4.69) is 20.5 Å². The molecule has 1 aromatic rings. The zero-order valence-corrected chi connectivity index (χ0v) is 10.2. The molecule has 1 aliphatic heterocycles. The number of aromatic nitrogens is 1. The van der Waals surface area contributed by atoms with Gasteiger partial charge in [-0.05, 0) is 0 Å². The summed E-state index contributed by atoms with van der Waals surface area (Å²) in [5.41, 5.74) is -0.0915. The number of rotatable bonds is 4. The fourth-order valence-electron chi connectivity index (χ4n) is 1.95. The number of nitrogens with one attached hydrogen (secondary N) is 3. The van der Waals surface area contributed by atoms with Crippen LogP contribution in [-0.4, -0.2) is 55.1 Å². The van der Waals surface area contributed by atoms with E-state index in [4.69, 9.17) is 0 Å². The molecule has 6 nitrogen and oxygen atoms in total. The van der Waals surface area contributed by atoms with Crippen LogP contribution >= 0.6 is 0 Å². The monoisotopic (exact) mass is 250 g/mol. The second-order valence-corrected chi connectivity index (χ2v) is 4.27. The Morgan fingerprint density at radius 1 is 1.39 bits per heavy atom. The number of nitrogens with zero attached hydrogens (tertiary/aromatic N) is 1. The molecule has 1 fully saturated rings. The molecule has 0 unspecified atom stereocenters. The molecular formula is C12H18N4O2. The highest BCUT2D eigenvalue weighted by atomic mass is 16.2. The van der Waals surface area contributed by atoms with Crippen LogP contribution in [0.25, 0.3) is 0 Å². The maximum Gasteiger partial charge on any atom is 0.256 e. The molecule has 1 amide bonds. The van der Waals surface area contributed by atoms with Crippen molar-refractivity contribution in [2.45, 2.75) is 0 Å². The van der Waals surface area contributed by atoms with Crippen molar-refractivity contribution >= 4 is 5.91 Å². The van der Waals surface area contributed by atoms with E-state index in [1.807, 2.05) is 0 Å². The van der Waals surface area contributed by atoms with Crippen LogP contribution in [0.1, 0.15) is 10.4 Å². The predicted octanol–water partition coefficient (Wildman–Crippen LogP) is -0.990. The van der Waals surface area contributed by atoms with E-state index in [0.717, 1.165) is 32.7 Å². The lowest BCUT2D eigenvalue weighted by Crippen LogP contribution is -2.46. The van der Waals surface area contributed by atoms with Gasteiger partial charge in [0.25, 0.3) is 5.91 Å². The third kappa shape index (κ3) is 3.41. The molecule has 0 radical (unpaired) electrons. The number of carbonyl (C=O) groups is 1. The van der Waals surface area contributed by atoms with Crippen molar-refractivity contribution in [3.8, 4) is 0 Å². The summed E-state index contributed by atoms with van der Waals surface area (Å²) in [6.45, 7) is 5.37. The molecule has 2 rings (SSSR count). The normalized spacial score (nSPS) is 16.4. The molecule has 0 saturated carbocycles. The number of pyridine rings is 1. The highest BCUT2D eigenvalue weighted by molar-refractivity contribution is 5.93. The number of hydrogen-bond donors (Lipinski definition) is 3. The highest BCUT2D eigenvalue weighted by Gasteiger charge is 2.11. The van der Waals surface area contributed by atoms with Gasteiger partial charge < -0.3 is 15.6 Å². The lowest BCUT2D eigenvalue weighted by atomic mass is 10.2. The molecule has 1 aromatic heterocycles. The van der Waals surface area contributed by atoms with Gasteiger partial charge in [-0.15, -0.1) is 0 Å². The van der Waals surface area contributed by atoms with E-state index < -0.39 is 0 Å². The maximum atomic E-state index is 11.7. The number of amides is 1. The fraction of sp³-hybridized carbons (Fsp3) is 0.500. The van der Waals surface area contributed by atoms with Crippen LogP contribution in [-0.2, 0) is 0 Å². The number of aromatic amines is 1. The van der Waals surface area contributed by atoms with Gasteiger partial charge in [0.05, 0.1) is 0 Å². The highest BCUT2D eigenvalue weighted by Crippen LogP contribution is 1.91. The fourth-order valence-corrected chi connectivity index (χ4v) is 1.95. The second kappa shape index (κ2) is 6.32. The summed E-state index contributed by atoms with van der Waals surface area (Å²) in [6, 6.07) is 1.35. The number of hydrogen-bond acceptors (Lipinski definition) is 4. The predicted molar refractivity (Wildman–Crippen MR) is 68.7 cm³/mol. The van der Waals surface area contributed by atoms with Gasteiger partial charge >= 0.3 is 0 Å². The molecule has 98 valence electrons. The molecule has 0 aliphatic carbocycles. The molecule has 1 aliphatic rings. The van der Waals surface area contributed by atoms with E-state index >= 15 is 0 Å². The zero-order chi connectivity index (χ0) is 12.8. The molecule has 0 atom stereocenters. The van der Waals surface area contributed by atoms with Crippen LogP contribution in [0.15, 0.2) is 23.3 Å². The first kappa shape index (κ1) is 12.8. The summed E-state index contributed by atoms with van der Waals surface area (Å²) in [4.78, 5) is 28.2. The van der Waals surface area contributed by atoms with E-state index in [1.54, 1.807) is 0 Å². The van der Waals surface area contributed by atoms with Crippen LogP contribution in [0.4, 0.5) is 0 Å². The maximum absolute atomic E-state index is 11.7. The van der Waals surface area contributed by atoms with Gasteiger partial charge in [-0.2, -0.15) is 0 Å². The minimum Gasteiger partial charge on any atom is -0.367 e. The number of piperazine rings is 1. The molecule has 0 spiro atoms. The van der Waals surface area contributed by atoms with Gasteiger partial charge in [-0.1, -0.05) is 0 Å². The minimum atomic E-state index is -0.313. The molecule has 6 heteroatoms. The summed E-state index contributed by atoms with van der Waals surface area (Å²) in [5, 5.41) is 6.04. The molecule has 0 aromatic carbocycles. The van der Waals surface area contributed by atoms with Gasteiger partial charge in [0.15, 0.2) is 5.43 Å². The SMILES string of the molecule is O=C(NCCN1CCNCC1)c1c[nH]ccc1=O. The van der Waals surface area contributed by atoms with E-state index in [9.17, 15) is 9.59 Å². The number of carbonyl (C=O) groups excluding carboxylic acids is 1. The molecule has 0 bridgehead atoms. The summed E-state index contributed by atoms with van der Waals surface area (Å²) in [7, 11) is 0. The van der Waals surface area contributed by atoms with Gasteiger partial charge in [0.1, 0.15) is 5.56 Å². The van der Waals surface area contributed by atoms with Crippen LogP contribution in [0.5, 0.6) is 0 Å². The Hall–Kier alpha value is -1.66. The summed E-state index contributed by atoms with van der Waals surface area (Å²) < 4.78 is 0. The van der Waals surface area contributed by atoms with Crippen LogP contribution in [0, 0.1) is 0 Å². The minimum absolute atomic E-state index is 0.165. The zero-order valence-electron chi connectivity index (χ0n) is 10.2. The van der Waals surface area contributed by atoms with Crippen molar-refractivity contribution < 1.29 is 4.79 Å². The van der Waals surface area contributed by atoms with Crippen molar-refractivity contribution in [2.75, 3.05) is 39.3 Å². The van der Waals surface area contributed by atoms with Crippen LogP contribution in [0.3, 0.4) is 0 Å². The van der Waals surface area contributed by atoms with Crippen molar-refractivity contribution in [3.05, 3.63) is 34.2 Å². The Balaban J connectivity index is 1.78. The van der Waals surface area contributed by atoms with Crippen LogP contribution in [0.2, 0.25) is 0 Å². The first-order chi connectivity index (χ1) is 8.77. The topological polar surface area (TPSA) is 77.2 Å². The summed E-state index contributed by atoms with van der Waals surface area (Å²) >= 11 is 0. The third-order valence-electron chi connectivity index (χ3n) is 2.99. The smallest absolute Gasteiger partial charge is 0.256 e. The Labute approximate surface area is 105 Å². The third-order valence-corrected chi connectivity index (χ3v) is 2.99. The molecule has 3 N–H and O–H groups in total. The molecule has 18 heavy (non-hydrogen) atoms. The average Bonchev–Trinajstić information content (AvgIpc) is 2.40. The number of H-pyrrole nitrogens is 1. The van der Waals surface area contributed by atoms with Crippen molar-refractivity contribution in [3.63, 3.8) is 0 Å². The standard InChI is InChI=1S/C12H18N4O2/c17-11-1-2-14-9-10(11)12(18)15-5-8-16-6-3-13-4-7-16/h1-2,9,13H,3-8H2,(H,14,17)(H,15,18). The summed E-state index contributed by atoms with van der Waals surface area (Å²) in [6.07, 6.45) is 2.95. The van der Waals surface area contributed by atoms with Crippen molar-refractivity contribution in [1.82, 2.24) is 20.5 Å². The Kier molecular flexibility index (Phi) is 4.49. The van der Waals surface area contributed by atoms with Gasteiger partial charge in [-0.25, -0.2) is 0 Å². The largest absolute Gasteiger partial charge is 0.367 e. The lowest BCUT2D eigenvalue weighted by Gasteiger charge is -2.27.